The summed E-state index contributed by atoms with van der Waals surface area (Å²) in [6.45, 7) is 0. The van der Waals surface area contributed by atoms with Gasteiger partial charge in [-0.1, -0.05) is 12.1 Å². The molecule has 0 aliphatic rings. The van der Waals surface area contributed by atoms with Crippen molar-refractivity contribution >= 4 is 21.4 Å². The normalized spacial score (nSPS) is 11.2. The summed E-state index contributed by atoms with van der Waals surface area (Å²) in [5, 5.41) is 0. The molecule has 0 aliphatic carbocycles. The summed E-state index contributed by atoms with van der Waals surface area (Å²) in [6.07, 6.45) is 1.12. The van der Waals surface area contributed by atoms with Crippen LogP contribution in [-0.2, 0) is 15.8 Å². The molecule has 0 aliphatic heterocycles. The number of anilines is 2. The number of aromatic nitrogens is 1. The quantitative estimate of drug-likeness (QED) is 0.660. The van der Waals surface area contributed by atoms with Gasteiger partial charge in [0.25, 0.3) is 0 Å². The van der Waals surface area contributed by atoms with E-state index in [4.69, 9.17) is 5.73 Å². The average Bonchev–Trinajstić information content (AvgIpc) is 2.34. The Bertz CT molecular complexity index is 601. The molecule has 0 unspecified atom stereocenters. The zero-order valence-corrected chi connectivity index (χ0v) is 10.7. The Morgan fingerprint density at radius 2 is 1.84 bits per heavy atom. The molecule has 0 saturated carbocycles. The molecule has 1 aromatic carbocycles. The van der Waals surface area contributed by atoms with Gasteiger partial charge in [0.05, 0.1) is 17.6 Å². The predicted molar refractivity (Wildman–Crippen MR) is 71.3 cm³/mol. The number of benzene rings is 1. The van der Waals surface area contributed by atoms with Crippen LogP contribution in [0, 0.1) is 5.95 Å². The van der Waals surface area contributed by atoms with Crippen LogP contribution in [0.5, 0.6) is 0 Å². The van der Waals surface area contributed by atoms with Crippen LogP contribution in [0.1, 0.15) is 5.56 Å². The van der Waals surface area contributed by atoms with Gasteiger partial charge in [0.15, 0.2) is 0 Å². The number of nitrogens with one attached hydrogen (secondary N) is 1. The Morgan fingerprint density at radius 3 is 2.42 bits per heavy atom. The second-order valence-electron chi connectivity index (χ2n) is 3.97. The molecule has 1 aromatic heterocycles. The number of hydrogen-bond donors (Lipinski definition) is 2. The van der Waals surface area contributed by atoms with Crippen LogP contribution in [0.3, 0.4) is 0 Å². The summed E-state index contributed by atoms with van der Waals surface area (Å²) in [6, 6.07) is 8.92. The number of pyridine rings is 1. The minimum absolute atomic E-state index is 0.190. The van der Waals surface area contributed by atoms with E-state index in [-0.39, 0.29) is 11.4 Å². The van der Waals surface area contributed by atoms with Gasteiger partial charge in [-0.05, 0) is 29.8 Å². The SMILES string of the molecule is Nc1ccc(CS(=O)(=O)Nc2ccc(F)nc2)cc1. The molecule has 19 heavy (non-hydrogen) atoms. The fraction of sp³-hybridized carbons (Fsp3) is 0.0833. The van der Waals surface area contributed by atoms with Crippen LogP contribution < -0.4 is 10.5 Å². The minimum Gasteiger partial charge on any atom is -0.399 e. The minimum atomic E-state index is -3.57. The average molecular weight is 281 g/mol. The summed E-state index contributed by atoms with van der Waals surface area (Å²) in [4.78, 5) is 3.37. The van der Waals surface area contributed by atoms with E-state index >= 15 is 0 Å². The van der Waals surface area contributed by atoms with Gasteiger partial charge >= 0.3 is 0 Å². The van der Waals surface area contributed by atoms with Crippen LogP contribution in [0.2, 0.25) is 0 Å². The van der Waals surface area contributed by atoms with E-state index in [1.807, 2.05) is 0 Å². The van der Waals surface area contributed by atoms with Crippen molar-refractivity contribution in [3.05, 3.63) is 54.1 Å². The molecule has 100 valence electrons. The van der Waals surface area contributed by atoms with E-state index in [9.17, 15) is 12.8 Å². The number of nitrogen functional groups attached to an aromatic ring is 1. The van der Waals surface area contributed by atoms with Gasteiger partial charge < -0.3 is 5.73 Å². The third-order valence-corrected chi connectivity index (χ3v) is 3.60. The van der Waals surface area contributed by atoms with Crippen molar-refractivity contribution in [1.29, 1.82) is 0 Å². The van der Waals surface area contributed by atoms with Gasteiger partial charge in [0.2, 0.25) is 16.0 Å². The summed E-state index contributed by atoms with van der Waals surface area (Å²) in [5.41, 5.74) is 6.91. The first-order valence-corrected chi connectivity index (χ1v) is 7.06. The molecule has 1 heterocycles. The molecule has 0 saturated heterocycles. The Balaban J connectivity index is 2.10. The second-order valence-corrected chi connectivity index (χ2v) is 5.69. The second kappa shape index (κ2) is 5.23. The number of sulfonamides is 1. The fourth-order valence-electron chi connectivity index (χ4n) is 1.49. The first kappa shape index (κ1) is 13.3. The topological polar surface area (TPSA) is 85.1 Å². The highest BCUT2D eigenvalue weighted by molar-refractivity contribution is 7.91. The smallest absolute Gasteiger partial charge is 0.236 e. The van der Waals surface area contributed by atoms with Crippen LogP contribution in [0.4, 0.5) is 15.8 Å². The summed E-state index contributed by atoms with van der Waals surface area (Å²) in [7, 11) is -3.57. The third-order valence-electron chi connectivity index (χ3n) is 2.34. The van der Waals surface area contributed by atoms with E-state index in [2.05, 4.69) is 9.71 Å². The number of nitrogens with two attached hydrogens (primary N) is 1. The Kier molecular flexibility index (Phi) is 3.66. The highest BCUT2D eigenvalue weighted by Crippen LogP contribution is 2.13. The van der Waals surface area contributed by atoms with Crippen LogP contribution in [0.15, 0.2) is 42.6 Å². The van der Waals surface area contributed by atoms with Gasteiger partial charge in [-0.15, -0.1) is 0 Å². The third kappa shape index (κ3) is 3.92. The summed E-state index contributed by atoms with van der Waals surface area (Å²) < 4.78 is 38.7. The van der Waals surface area contributed by atoms with Crippen molar-refractivity contribution in [2.45, 2.75) is 5.75 Å². The fourth-order valence-corrected chi connectivity index (χ4v) is 2.67. The molecule has 0 radical (unpaired) electrons. The molecular formula is C12H12FN3O2S. The van der Waals surface area contributed by atoms with Crippen molar-refractivity contribution in [3.63, 3.8) is 0 Å². The van der Waals surface area contributed by atoms with Crippen molar-refractivity contribution in [2.24, 2.45) is 0 Å². The molecule has 2 rings (SSSR count). The van der Waals surface area contributed by atoms with Gasteiger partial charge in [-0.2, -0.15) is 4.39 Å². The molecule has 0 amide bonds. The number of rotatable bonds is 4. The molecule has 3 N–H and O–H groups in total. The lowest BCUT2D eigenvalue weighted by molar-refractivity contribution is 0.583. The zero-order chi connectivity index (χ0) is 13.9. The van der Waals surface area contributed by atoms with Crippen molar-refractivity contribution in [3.8, 4) is 0 Å². The van der Waals surface area contributed by atoms with Crippen molar-refractivity contribution < 1.29 is 12.8 Å². The first-order valence-electron chi connectivity index (χ1n) is 5.41. The number of nitrogens with zero attached hydrogens (tertiary/aromatic N) is 1. The van der Waals surface area contributed by atoms with Crippen LogP contribution in [-0.4, -0.2) is 13.4 Å². The number of hydrogen-bond acceptors (Lipinski definition) is 4. The predicted octanol–water partition coefficient (Wildman–Crippen LogP) is 1.74. The van der Waals surface area contributed by atoms with E-state index in [0.717, 1.165) is 12.3 Å². The van der Waals surface area contributed by atoms with Gasteiger partial charge in [0, 0.05) is 5.69 Å². The van der Waals surface area contributed by atoms with E-state index in [1.54, 1.807) is 24.3 Å². The van der Waals surface area contributed by atoms with Crippen molar-refractivity contribution in [2.75, 3.05) is 10.5 Å². The van der Waals surface area contributed by atoms with Crippen molar-refractivity contribution in [1.82, 2.24) is 4.98 Å². The van der Waals surface area contributed by atoms with Gasteiger partial charge in [0.1, 0.15) is 0 Å². The first-order chi connectivity index (χ1) is 8.94. The molecule has 0 bridgehead atoms. The lowest BCUT2D eigenvalue weighted by atomic mass is 10.2. The largest absolute Gasteiger partial charge is 0.399 e. The van der Waals surface area contributed by atoms with E-state index in [0.29, 0.717) is 11.3 Å². The molecule has 7 heteroatoms. The molecule has 0 atom stereocenters. The number of halogens is 1. The van der Waals surface area contributed by atoms with E-state index in [1.165, 1.54) is 6.07 Å². The summed E-state index contributed by atoms with van der Waals surface area (Å²) in [5.74, 6) is -0.855. The Hall–Kier alpha value is -2.15. The highest BCUT2D eigenvalue weighted by atomic mass is 32.2. The Morgan fingerprint density at radius 1 is 1.16 bits per heavy atom. The maximum Gasteiger partial charge on any atom is 0.236 e. The lowest BCUT2D eigenvalue weighted by Gasteiger charge is -2.07. The van der Waals surface area contributed by atoms with Gasteiger partial charge in [-0.3, -0.25) is 4.72 Å². The Labute approximate surface area is 110 Å². The lowest BCUT2D eigenvalue weighted by Crippen LogP contribution is -2.15. The monoisotopic (exact) mass is 281 g/mol. The maximum absolute atomic E-state index is 12.6. The molecule has 0 spiro atoms. The molecular weight excluding hydrogens is 269 g/mol. The standard InChI is InChI=1S/C12H12FN3O2S/c13-12-6-5-11(7-15-12)16-19(17,18)8-9-1-3-10(14)4-2-9/h1-7,16H,8,14H2. The van der Waals surface area contributed by atoms with E-state index < -0.39 is 16.0 Å². The maximum atomic E-state index is 12.6. The highest BCUT2D eigenvalue weighted by Gasteiger charge is 2.12. The molecule has 2 aromatic rings. The zero-order valence-electron chi connectivity index (χ0n) is 9.88. The van der Waals surface area contributed by atoms with Crippen LogP contribution >= 0.6 is 0 Å². The summed E-state index contributed by atoms with van der Waals surface area (Å²) >= 11 is 0. The van der Waals surface area contributed by atoms with Gasteiger partial charge in [-0.25, -0.2) is 13.4 Å². The molecule has 0 fully saturated rings. The van der Waals surface area contributed by atoms with Crippen LogP contribution in [0.25, 0.3) is 0 Å². The molecule has 5 nitrogen and oxygen atoms in total.